The van der Waals surface area contributed by atoms with Gasteiger partial charge in [-0.1, -0.05) is 23.7 Å². The molecule has 0 radical (unpaired) electrons. The van der Waals surface area contributed by atoms with Crippen molar-refractivity contribution in [3.8, 4) is 0 Å². The second kappa shape index (κ2) is 10.5. The van der Waals surface area contributed by atoms with Crippen LogP contribution in [0.2, 0.25) is 5.02 Å². The summed E-state index contributed by atoms with van der Waals surface area (Å²) in [6.07, 6.45) is 5.11. The fourth-order valence-electron chi connectivity index (χ4n) is 4.67. The van der Waals surface area contributed by atoms with Crippen LogP contribution in [0.25, 0.3) is 0 Å². The summed E-state index contributed by atoms with van der Waals surface area (Å²) >= 11 is 5.90. The Labute approximate surface area is 202 Å². The minimum atomic E-state index is -3.65. The molecule has 2 aliphatic rings. The van der Waals surface area contributed by atoms with Crippen molar-refractivity contribution in [3.05, 3.63) is 59.1 Å². The summed E-state index contributed by atoms with van der Waals surface area (Å²) in [6.45, 7) is 4.78. The first-order valence-corrected chi connectivity index (χ1v) is 13.6. The second-order valence-corrected chi connectivity index (χ2v) is 11.4. The molecule has 0 bridgehead atoms. The smallest absolute Gasteiger partial charge is 0.243 e. The van der Waals surface area contributed by atoms with Gasteiger partial charge in [0.05, 0.1) is 16.9 Å². The zero-order valence-corrected chi connectivity index (χ0v) is 20.6. The maximum absolute atomic E-state index is 13.0. The number of rotatable bonds is 6. The highest BCUT2D eigenvalue weighted by Gasteiger charge is 2.33. The molecule has 0 aliphatic carbocycles. The van der Waals surface area contributed by atoms with E-state index in [-0.39, 0.29) is 29.3 Å². The lowest BCUT2D eigenvalue weighted by Gasteiger charge is -2.32. The number of nitrogens with one attached hydrogen (secondary N) is 1. The summed E-state index contributed by atoms with van der Waals surface area (Å²) in [4.78, 5) is 15.6. The van der Waals surface area contributed by atoms with Crippen LogP contribution >= 0.6 is 11.6 Å². The van der Waals surface area contributed by atoms with Crippen molar-refractivity contribution < 1.29 is 13.2 Å². The van der Waals surface area contributed by atoms with Crippen LogP contribution in [0, 0.1) is 5.92 Å². The lowest BCUT2D eigenvalue weighted by Crippen LogP contribution is -2.45. The Bertz CT molecular complexity index is 1050. The Morgan fingerprint density at radius 2 is 1.64 bits per heavy atom. The molecule has 33 heavy (non-hydrogen) atoms. The molecular weight excluding hydrogens is 458 g/mol. The van der Waals surface area contributed by atoms with Crippen LogP contribution < -0.4 is 10.2 Å². The van der Waals surface area contributed by atoms with Crippen molar-refractivity contribution in [1.29, 1.82) is 0 Å². The van der Waals surface area contributed by atoms with Gasteiger partial charge in [0, 0.05) is 36.9 Å². The van der Waals surface area contributed by atoms with Gasteiger partial charge in [-0.3, -0.25) is 4.79 Å². The zero-order chi connectivity index (χ0) is 23.4. The Balaban J connectivity index is 1.37. The number of piperidine rings is 2. The highest BCUT2D eigenvalue weighted by atomic mass is 35.5. The first-order chi connectivity index (χ1) is 15.8. The van der Waals surface area contributed by atoms with Gasteiger partial charge in [0.1, 0.15) is 0 Å². The molecule has 6 nitrogen and oxygen atoms in total. The molecule has 2 aliphatic heterocycles. The summed E-state index contributed by atoms with van der Waals surface area (Å²) < 4.78 is 27.5. The molecule has 0 aromatic heterocycles. The molecule has 0 unspecified atom stereocenters. The first-order valence-electron chi connectivity index (χ1n) is 11.8. The van der Waals surface area contributed by atoms with Gasteiger partial charge in [-0.25, -0.2) is 8.42 Å². The fourth-order valence-corrected chi connectivity index (χ4v) is 6.32. The molecule has 2 atom stereocenters. The minimum Gasteiger partial charge on any atom is -0.372 e. The number of halogens is 1. The topological polar surface area (TPSA) is 69.7 Å². The number of carbonyl (C=O) groups excluding carboxylic acids is 1. The average Bonchev–Trinajstić information content (AvgIpc) is 2.85. The van der Waals surface area contributed by atoms with Gasteiger partial charge in [0.15, 0.2) is 0 Å². The van der Waals surface area contributed by atoms with Crippen molar-refractivity contribution in [2.24, 2.45) is 5.92 Å². The minimum absolute atomic E-state index is 0.0985. The van der Waals surface area contributed by atoms with Crippen LogP contribution in [0.1, 0.15) is 50.6 Å². The molecule has 1 N–H and O–H groups in total. The zero-order valence-electron chi connectivity index (χ0n) is 19.0. The van der Waals surface area contributed by atoms with Gasteiger partial charge in [0.2, 0.25) is 15.9 Å². The SMILES string of the molecule is C[C@H](NC(=O)[C@@H]1CCCN(S(=O)(=O)c2ccc(Cl)cc2)C1)c1ccc(N2CCCCC2)cc1. The van der Waals surface area contributed by atoms with Crippen molar-refractivity contribution in [1.82, 2.24) is 9.62 Å². The molecule has 8 heteroatoms. The van der Waals surface area contributed by atoms with Gasteiger partial charge < -0.3 is 10.2 Å². The lowest BCUT2D eigenvalue weighted by atomic mass is 9.97. The Hall–Kier alpha value is -2.09. The molecule has 0 spiro atoms. The van der Waals surface area contributed by atoms with Crippen molar-refractivity contribution in [2.75, 3.05) is 31.1 Å². The van der Waals surface area contributed by atoms with Crippen LogP contribution in [0.4, 0.5) is 5.69 Å². The highest BCUT2D eigenvalue weighted by molar-refractivity contribution is 7.89. The van der Waals surface area contributed by atoms with E-state index in [1.54, 1.807) is 12.1 Å². The molecular formula is C25H32ClN3O3S. The molecule has 2 saturated heterocycles. The molecule has 2 fully saturated rings. The highest BCUT2D eigenvalue weighted by Crippen LogP contribution is 2.26. The molecule has 2 aromatic carbocycles. The van der Waals surface area contributed by atoms with E-state index in [4.69, 9.17) is 11.6 Å². The predicted octanol–water partition coefficient (Wildman–Crippen LogP) is 4.61. The number of hydrogen-bond donors (Lipinski definition) is 1. The van der Waals surface area contributed by atoms with Crippen molar-refractivity contribution >= 4 is 33.2 Å². The van der Waals surface area contributed by atoms with Crippen LogP contribution in [0.15, 0.2) is 53.4 Å². The third-order valence-corrected chi connectivity index (χ3v) is 8.81. The molecule has 0 saturated carbocycles. The molecule has 4 rings (SSSR count). The van der Waals surface area contributed by atoms with E-state index in [1.165, 1.54) is 41.4 Å². The molecule has 2 heterocycles. The van der Waals surface area contributed by atoms with Crippen LogP contribution in [-0.4, -0.2) is 44.8 Å². The third-order valence-electron chi connectivity index (χ3n) is 6.68. The van der Waals surface area contributed by atoms with E-state index in [9.17, 15) is 13.2 Å². The monoisotopic (exact) mass is 489 g/mol. The standard InChI is InChI=1S/C25H32ClN3O3S/c1-19(20-7-11-23(12-8-20)28-15-3-2-4-16-28)27-25(30)21-6-5-17-29(18-21)33(31,32)24-13-9-22(26)10-14-24/h7-14,19,21H,2-6,15-18H2,1H3,(H,27,30)/t19-,21+/m0/s1. The van der Waals surface area contributed by atoms with E-state index < -0.39 is 10.0 Å². The van der Waals surface area contributed by atoms with E-state index in [0.717, 1.165) is 18.7 Å². The lowest BCUT2D eigenvalue weighted by molar-refractivity contribution is -0.126. The summed E-state index contributed by atoms with van der Waals surface area (Å²) in [7, 11) is -3.65. The molecule has 1 amide bonds. The van der Waals surface area contributed by atoms with Gasteiger partial charge in [-0.2, -0.15) is 4.31 Å². The van der Waals surface area contributed by atoms with E-state index in [1.807, 2.05) is 6.92 Å². The fraction of sp³-hybridized carbons (Fsp3) is 0.480. The number of nitrogens with zero attached hydrogens (tertiary/aromatic N) is 2. The predicted molar refractivity (Wildman–Crippen MR) is 132 cm³/mol. The Morgan fingerprint density at radius 3 is 2.30 bits per heavy atom. The normalized spacial score (nSPS) is 20.9. The Morgan fingerprint density at radius 1 is 0.970 bits per heavy atom. The Kier molecular flexibility index (Phi) is 7.62. The number of anilines is 1. The number of carbonyl (C=O) groups is 1. The van der Waals surface area contributed by atoms with Crippen LogP contribution in [0.3, 0.4) is 0 Å². The van der Waals surface area contributed by atoms with Gasteiger partial charge in [-0.15, -0.1) is 0 Å². The quantitative estimate of drug-likeness (QED) is 0.643. The van der Waals surface area contributed by atoms with Crippen molar-refractivity contribution in [3.63, 3.8) is 0 Å². The average molecular weight is 490 g/mol. The van der Waals surface area contributed by atoms with Gasteiger partial charge in [-0.05, 0) is 81.0 Å². The number of hydrogen-bond acceptors (Lipinski definition) is 4. The maximum Gasteiger partial charge on any atom is 0.243 e. The van der Waals surface area contributed by atoms with Gasteiger partial charge in [0.25, 0.3) is 0 Å². The summed E-state index contributed by atoms with van der Waals surface area (Å²) in [5.74, 6) is -0.463. The number of sulfonamides is 1. The summed E-state index contributed by atoms with van der Waals surface area (Å²) in [5.41, 5.74) is 2.28. The molecule has 2 aromatic rings. The van der Waals surface area contributed by atoms with Crippen LogP contribution in [-0.2, 0) is 14.8 Å². The molecule has 178 valence electrons. The van der Waals surface area contributed by atoms with Crippen molar-refractivity contribution in [2.45, 2.75) is 50.0 Å². The largest absolute Gasteiger partial charge is 0.372 e. The summed E-state index contributed by atoms with van der Waals surface area (Å²) in [5, 5.41) is 3.58. The third kappa shape index (κ3) is 5.70. The van der Waals surface area contributed by atoms with Crippen LogP contribution in [0.5, 0.6) is 0 Å². The maximum atomic E-state index is 13.0. The number of amides is 1. The van der Waals surface area contributed by atoms with E-state index >= 15 is 0 Å². The van der Waals surface area contributed by atoms with E-state index in [0.29, 0.717) is 24.4 Å². The second-order valence-electron chi connectivity index (χ2n) is 9.03. The summed E-state index contributed by atoms with van der Waals surface area (Å²) in [6, 6.07) is 14.4. The number of benzene rings is 2. The first kappa shape index (κ1) is 24.0. The van der Waals surface area contributed by atoms with E-state index in [2.05, 4.69) is 34.5 Å². The van der Waals surface area contributed by atoms with Gasteiger partial charge >= 0.3 is 0 Å².